The van der Waals surface area contributed by atoms with E-state index >= 15 is 0 Å². The van der Waals surface area contributed by atoms with Gasteiger partial charge in [0.05, 0.1) is 19.8 Å². The van der Waals surface area contributed by atoms with Gasteiger partial charge in [0.2, 0.25) is 0 Å². The van der Waals surface area contributed by atoms with E-state index in [1.165, 1.54) is 16.7 Å². The van der Waals surface area contributed by atoms with Gasteiger partial charge in [-0.05, 0) is 69.3 Å². The van der Waals surface area contributed by atoms with Gasteiger partial charge in [-0.25, -0.2) is 0 Å². The van der Waals surface area contributed by atoms with Gasteiger partial charge in [0.15, 0.2) is 11.5 Å². The van der Waals surface area contributed by atoms with Crippen LogP contribution in [0.3, 0.4) is 0 Å². The first kappa shape index (κ1) is 22.6. The highest BCUT2D eigenvalue weighted by molar-refractivity contribution is 5.42. The van der Waals surface area contributed by atoms with Gasteiger partial charge in [0, 0.05) is 18.6 Å². The molecule has 2 aromatic rings. The van der Waals surface area contributed by atoms with Crippen LogP contribution in [0, 0.1) is 6.92 Å². The van der Waals surface area contributed by atoms with Crippen molar-refractivity contribution in [2.24, 2.45) is 0 Å². The number of rotatable bonds is 9. The first-order chi connectivity index (χ1) is 14.4. The molecule has 0 spiro atoms. The Morgan fingerprint density at radius 2 is 1.77 bits per heavy atom. The van der Waals surface area contributed by atoms with Gasteiger partial charge >= 0.3 is 0 Å². The fourth-order valence-electron chi connectivity index (χ4n) is 4.64. The Bertz CT molecular complexity index is 820. The predicted octanol–water partition coefficient (Wildman–Crippen LogP) is 5.41. The molecule has 0 unspecified atom stereocenters. The molecule has 0 radical (unpaired) electrons. The summed E-state index contributed by atoms with van der Waals surface area (Å²) in [4.78, 5) is 0. The number of benzene rings is 2. The van der Waals surface area contributed by atoms with Gasteiger partial charge in [-0.1, -0.05) is 42.8 Å². The van der Waals surface area contributed by atoms with Crippen molar-refractivity contribution < 1.29 is 14.2 Å². The average Bonchev–Trinajstić information content (AvgIpc) is 2.77. The summed E-state index contributed by atoms with van der Waals surface area (Å²) in [6, 6.07) is 15.2. The van der Waals surface area contributed by atoms with E-state index in [9.17, 15) is 0 Å². The van der Waals surface area contributed by atoms with Crippen LogP contribution in [0.5, 0.6) is 11.5 Å². The fraction of sp³-hybridized carbons (Fsp3) is 0.538. The van der Waals surface area contributed by atoms with E-state index in [1.807, 2.05) is 12.1 Å². The minimum Gasteiger partial charge on any atom is -0.493 e. The van der Waals surface area contributed by atoms with E-state index in [4.69, 9.17) is 14.2 Å². The molecule has 1 saturated heterocycles. The lowest BCUT2D eigenvalue weighted by atomic mass is 9.66. The number of methoxy groups -OCH3 is 2. The number of hydrogen-bond donors (Lipinski definition) is 1. The standard InChI is InChI=1S/C26H37NO3/c1-6-25(3)19-26(14-16-30-25,22-10-7-20(2)8-11-22)13-15-27-18-21-9-12-23(28-4)24(17-21)29-5/h7-12,17,27H,6,13-16,18-19H2,1-5H3/t25-,26+/m0/s1. The Morgan fingerprint density at radius 3 is 2.43 bits per heavy atom. The zero-order valence-electron chi connectivity index (χ0n) is 19.2. The second-order valence-corrected chi connectivity index (χ2v) is 8.84. The fourth-order valence-corrected chi connectivity index (χ4v) is 4.64. The first-order valence-electron chi connectivity index (χ1n) is 11.1. The predicted molar refractivity (Wildman–Crippen MR) is 123 cm³/mol. The van der Waals surface area contributed by atoms with Crippen molar-refractivity contribution in [3.05, 3.63) is 59.2 Å². The molecule has 30 heavy (non-hydrogen) atoms. The Labute approximate surface area is 181 Å². The van der Waals surface area contributed by atoms with Crippen molar-refractivity contribution >= 4 is 0 Å². The molecule has 0 amide bonds. The van der Waals surface area contributed by atoms with Gasteiger partial charge in [-0.3, -0.25) is 0 Å². The van der Waals surface area contributed by atoms with Crippen molar-refractivity contribution in [3.63, 3.8) is 0 Å². The molecule has 4 heteroatoms. The number of hydrogen-bond acceptors (Lipinski definition) is 4. The van der Waals surface area contributed by atoms with Crippen molar-refractivity contribution in [1.82, 2.24) is 5.32 Å². The quantitative estimate of drug-likeness (QED) is 0.560. The highest BCUT2D eigenvalue weighted by atomic mass is 16.5. The molecule has 0 saturated carbocycles. The Hall–Kier alpha value is -2.04. The smallest absolute Gasteiger partial charge is 0.161 e. The molecule has 2 atom stereocenters. The molecular weight excluding hydrogens is 374 g/mol. The summed E-state index contributed by atoms with van der Waals surface area (Å²) in [6.07, 6.45) is 4.28. The molecule has 0 aromatic heterocycles. The van der Waals surface area contributed by atoms with Crippen LogP contribution in [0.1, 0.15) is 56.2 Å². The van der Waals surface area contributed by atoms with Crippen LogP contribution in [0.25, 0.3) is 0 Å². The van der Waals surface area contributed by atoms with Crippen LogP contribution in [-0.4, -0.2) is 33.0 Å². The van der Waals surface area contributed by atoms with Gasteiger partial charge in [0.25, 0.3) is 0 Å². The van der Waals surface area contributed by atoms with Gasteiger partial charge < -0.3 is 19.5 Å². The zero-order valence-corrected chi connectivity index (χ0v) is 19.2. The minimum atomic E-state index is -0.0491. The topological polar surface area (TPSA) is 39.7 Å². The summed E-state index contributed by atoms with van der Waals surface area (Å²) in [5, 5.41) is 3.65. The van der Waals surface area contributed by atoms with E-state index < -0.39 is 0 Å². The number of ether oxygens (including phenoxy) is 3. The second kappa shape index (κ2) is 9.84. The van der Waals surface area contributed by atoms with Crippen LogP contribution in [0.2, 0.25) is 0 Å². The first-order valence-corrected chi connectivity index (χ1v) is 11.1. The van der Waals surface area contributed by atoms with Gasteiger partial charge in [-0.2, -0.15) is 0 Å². The maximum atomic E-state index is 6.19. The number of nitrogens with one attached hydrogen (secondary N) is 1. The summed E-state index contributed by atoms with van der Waals surface area (Å²) in [5.41, 5.74) is 4.06. The van der Waals surface area contributed by atoms with Crippen molar-refractivity contribution in [2.75, 3.05) is 27.4 Å². The van der Waals surface area contributed by atoms with Crippen molar-refractivity contribution in [3.8, 4) is 11.5 Å². The average molecular weight is 412 g/mol. The van der Waals surface area contributed by atoms with Crippen LogP contribution >= 0.6 is 0 Å². The molecule has 1 fully saturated rings. The summed E-state index contributed by atoms with van der Waals surface area (Å²) in [5.74, 6) is 1.54. The molecule has 1 aliphatic heterocycles. The molecule has 1 heterocycles. The van der Waals surface area contributed by atoms with Crippen molar-refractivity contribution in [1.29, 1.82) is 0 Å². The molecule has 0 aliphatic carbocycles. The largest absolute Gasteiger partial charge is 0.493 e. The lowest BCUT2D eigenvalue weighted by molar-refractivity contribution is -0.0979. The molecule has 2 aromatic carbocycles. The number of aryl methyl sites for hydroxylation is 1. The monoisotopic (exact) mass is 411 g/mol. The minimum absolute atomic E-state index is 0.0491. The highest BCUT2D eigenvalue weighted by Gasteiger charge is 2.43. The summed E-state index contributed by atoms with van der Waals surface area (Å²) >= 11 is 0. The van der Waals surface area contributed by atoms with E-state index in [1.54, 1.807) is 14.2 Å². The van der Waals surface area contributed by atoms with E-state index in [0.29, 0.717) is 0 Å². The van der Waals surface area contributed by atoms with Gasteiger partial charge in [0.1, 0.15) is 0 Å². The second-order valence-electron chi connectivity index (χ2n) is 8.84. The molecule has 164 valence electrons. The summed E-state index contributed by atoms with van der Waals surface area (Å²) in [7, 11) is 3.34. The third kappa shape index (κ3) is 5.16. The third-order valence-electron chi connectivity index (χ3n) is 6.71. The van der Waals surface area contributed by atoms with E-state index in [-0.39, 0.29) is 11.0 Å². The molecule has 1 aliphatic rings. The van der Waals surface area contributed by atoms with Gasteiger partial charge in [-0.15, -0.1) is 0 Å². The van der Waals surface area contributed by atoms with E-state index in [0.717, 1.165) is 56.9 Å². The molecule has 3 rings (SSSR count). The lowest BCUT2D eigenvalue weighted by Gasteiger charge is -2.47. The third-order valence-corrected chi connectivity index (χ3v) is 6.71. The Morgan fingerprint density at radius 1 is 1.03 bits per heavy atom. The lowest BCUT2D eigenvalue weighted by Crippen LogP contribution is -2.46. The SMILES string of the molecule is CC[C@@]1(C)C[C@](CCNCc2ccc(OC)c(OC)c2)(c2ccc(C)cc2)CCO1. The van der Waals surface area contributed by atoms with Crippen molar-refractivity contribution in [2.45, 2.75) is 64.0 Å². The summed E-state index contributed by atoms with van der Waals surface area (Å²) < 4.78 is 17.0. The van der Waals surface area contributed by atoms with Crippen LogP contribution in [-0.2, 0) is 16.7 Å². The maximum Gasteiger partial charge on any atom is 0.161 e. The summed E-state index contributed by atoms with van der Waals surface area (Å²) in [6.45, 7) is 9.26. The Balaban J connectivity index is 1.69. The zero-order chi connectivity index (χ0) is 21.6. The normalized spacial score (nSPS) is 23.9. The van der Waals surface area contributed by atoms with Crippen LogP contribution in [0.15, 0.2) is 42.5 Å². The molecular formula is C26H37NO3. The molecule has 0 bridgehead atoms. The highest BCUT2D eigenvalue weighted by Crippen LogP contribution is 2.45. The maximum absolute atomic E-state index is 6.19. The Kier molecular flexibility index (Phi) is 7.43. The van der Waals surface area contributed by atoms with Crippen LogP contribution < -0.4 is 14.8 Å². The van der Waals surface area contributed by atoms with Crippen LogP contribution in [0.4, 0.5) is 0 Å². The molecule has 1 N–H and O–H groups in total. The van der Waals surface area contributed by atoms with E-state index in [2.05, 4.69) is 56.4 Å². The molecule has 4 nitrogen and oxygen atoms in total.